The van der Waals surface area contributed by atoms with Crippen molar-refractivity contribution < 1.29 is 13.2 Å². The number of carbonyl (C=O) groups is 1. The van der Waals surface area contributed by atoms with Gasteiger partial charge >= 0.3 is 0 Å². The van der Waals surface area contributed by atoms with Crippen LogP contribution in [0.1, 0.15) is 44.2 Å². The highest BCUT2D eigenvalue weighted by molar-refractivity contribution is 7.89. The lowest BCUT2D eigenvalue weighted by Gasteiger charge is -2.31. The van der Waals surface area contributed by atoms with Crippen LogP contribution in [0.3, 0.4) is 0 Å². The second kappa shape index (κ2) is 7.92. The smallest absolute Gasteiger partial charge is 0.243 e. The van der Waals surface area contributed by atoms with Gasteiger partial charge in [0, 0.05) is 31.7 Å². The zero-order valence-electron chi connectivity index (χ0n) is 17.0. The van der Waals surface area contributed by atoms with E-state index in [0.717, 1.165) is 42.5 Å². The first-order valence-corrected chi connectivity index (χ1v) is 11.8. The zero-order valence-corrected chi connectivity index (χ0v) is 17.9. The number of anilines is 1. The van der Waals surface area contributed by atoms with Gasteiger partial charge in [0.25, 0.3) is 0 Å². The standard InChI is InChI=1S/C23H28N2O3S/c1-17(20-10-11-20)25(16-19-7-4-3-5-8-19)29(27,28)22-12-13-23-21(15-22)9-6-14-24(23)18(2)26/h3-5,7-8,12-13,15,17,20H,6,9-11,14,16H2,1-2H3. The fourth-order valence-electron chi connectivity index (χ4n) is 4.22. The van der Waals surface area contributed by atoms with E-state index in [0.29, 0.717) is 23.9 Å². The monoisotopic (exact) mass is 412 g/mol. The Morgan fingerprint density at radius 3 is 2.55 bits per heavy atom. The van der Waals surface area contributed by atoms with Gasteiger partial charge in [-0.2, -0.15) is 4.31 Å². The van der Waals surface area contributed by atoms with E-state index in [2.05, 4.69) is 0 Å². The lowest BCUT2D eigenvalue weighted by Crippen LogP contribution is -2.39. The van der Waals surface area contributed by atoms with Crippen molar-refractivity contribution in [3.8, 4) is 0 Å². The molecule has 1 aliphatic heterocycles. The predicted octanol–water partition coefficient (Wildman–Crippen LogP) is 3.98. The van der Waals surface area contributed by atoms with Crippen LogP contribution < -0.4 is 4.90 Å². The maximum absolute atomic E-state index is 13.7. The van der Waals surface area contributed by atoms with Crippen LogP contribution in [0.25, 0.3) is 0 Å². The number of benzene rings is 2. The molecule has 1 heterocycles. The van der Waals surface area contributed by atoms with Gasteiger partial charge < -0.3 is 4.90 Å². The number of aryl methyl sites for hydroxylation is 1. The Bertz CT molecular complexity index is 1000. The summed E-state index contributed by atoms with van der Waals surface area (Å²) < 4.78 is 29.0. The first kappa shape index (κ1) is 20.1. The summed E-state index contributed by atoms with van der Waals surface area (Å²) in [7, 11) is -3.64. The minimum Gasteiger partial charge on any atom is -0.312 e. The highest BCUT2D eigenvalue weighted by Crippen LogP contribution is 2.38. The number of nitrogens with zero attached hydrogens (tertiary/aromatic N) is 2. The largest absolute Gasteiger partial charge is 0.312 e. The molecular formula is C23H28N2O3S. The number of rotatable bonds is 6. The normalized spacial score (nSPS) is 17.8. The second-order valence-corrected chi connectivity index (χ2v) is 10.1. The maximum atomic E-state index is 13.7. The number of fused-ring (bicyclic) bond motifs is 1. The molecule has 5 nitrogen and oxygen atoms in total. The molecule has 0 aromatic heterocycles. The average molecular weight is 413 g/mol. The fraction of sp³-hybridized carbons (Fsp3) is 0.435. The van der Waals surface area contributed by atoms with Gasteiger partial charge in [-0.05, 0) is 67.9 Å². The molecule has 6 heteroatoms. The Morgan fingerprint density at radius 2 is 1.90 bits per heavy atom. The van der Waals surface area contributed by atoms with Crippen LogP contribution in [0.5, 0.6) is 0 Å². The first-order valence-electron chi connectivity index (χ1n) is 10.3. The van der Waals surface area contributed by atoms with E-state index in [1.807, 2.05) is 37.3 Å². The minimum atomic E-state index is -3.64. The zero-order chi connectivity index (χ0) is 20.6. The van der Waals surface area contributed by atoms with Crippen molar-refractivity contribution in [2.24, 2.45) is 5.92 Å². The van der Waals surface area contributed by atoms with Crippen LogP contribution in [0, 0.1) is 5.92 Å². The molecule has 0 bridgehead atoms. The summed E-state index contributed by atoms with van der Waals surface area (Å²) in [5.74, 6) is 0.425. The molecule has 1 fully saturated rings. The van der Waals surface area contributed by atoms with Crippen molar-refractivity contribution in [1.82, 2.24) is 4.31 Å². The molecule has 1 unspecified atom stereocenters. The molecule has 154 valence electrons. The molecule has 2 aromatic rings. The van der Waals surface area contributed by atoms with Crippen LogP contribution in [0.4, 0.5) is 5.69 Å². The molecule has 2 aromatic carbocycles. The van der Waals surface area contributed by atoms with Gasteiger partial charge in [0.05, 0.1) is 4.90 Å². The van der Waals surface area contributed by atoms with E-state index in [1.54, 1.807) is 34.3 Å². The fourth-order valence-corrected chi connectivity index (χ4v) is 5.95. The van der Waals surface area contributed by atoms with Gasteiger partial charge in [-0.15, -0.1) is 0 Å². The Kier molecular flexibility index (Phi) is 5.49. The number of carbonyl (C=O) groups excluding carboxylic acids is 1. The Morgan fingerprint density at radius 1 is 1.17 bits per heavy atom. The van der Waals surface area contributed by atoms with E-state index in [-0.39, 0.29) is 11.9 Å². The molecule has 4 rings (SSSR count). The minimum absolute atomic E-state index is 0.00498. The van der Waals surface area contributed by atoms with Gasteiger partial charge in [0.15, 0.2) is 0 Å². The van der Waals surface area contributed by atoms with Gasteiger partial charge in [-0.25, -0.2) is 8.42 Å². The summed E-state index contributed by atoms with van der Waals surface area (Å²) in [6, 6.07) is 15.0. The lowest BCUT2D eigenvalue weighted by atomic mass is 10.0. The van der Waals surface area contributed by atoms with E-state index in [9.17, 15) is 13.2 Å². The van der Waals surface area contributed by atoms with Gasteiger partial charge in [-0.1, -0.05) is 30.3 Å². The Hall–Kier alpha value is -2.18. The average Bonchev–Trinajstić information content (AvgIpc) is 3.56. The van der Waals surface area contributed by atoms with Gasteiger partial charge in [-0.3, -0.25) is 4.79 Å². The summed E-state index contributed by atoms with van der Waals surface area (Å²) in [5, 5.41) is 0. The molecule has 1 amide bonds. The number of sulfonamides is 1. The van der Waals surface area contributed by atoms with Crippen molar-refractivity contribution in [2.45, 2.75) is 57.0 Å². The molecule has 1 aliphatic carbocycles. The third-order valence-electron chi connectivity index (χ3n) is 6.10. The second-order valence-electron chi connectivity index (χ2n) is 8.18. The molecule has 1 saturated carbocycles. The third-order valence-corrected chi connectivity index (χ3v) is 8.02. The predicted molar refractivity (Wildman–Crippen MR) is 114 cm³/mol. The number of hydrogen-bond donors (Lipinski definition) is 0. The van der Waals surface area contributed by atoms with Crippen molar-refractivity contribution >= 4 is 21.6 Å². The number of hydrogen-bond acceptors (Lipinski definition) is 3. The first-order chi connectivity index (χ1) is 13.9. The number of amides is 1. The quantitative estimate of drug-likeness (QED) is 0.721. The third kappa shape index (κ3) is 4.09. The van der Waals surface area contributed by atoms with E-state index >= 15 is 0 Å². The Balaban J connectivity index is 1.70. The van der Waals surface area contributed by atoms with Crippen LogP contribution in [-0.2, 0) is 27.8 Å². The van der Waals surface area contributed by atoms with Crippen molar-refractivity contribution in [1.29, 1.82) is 0 Å². The van der Waals surface area contributed by atoms with Crippen LogP contribution in [0.15, 0.2) is 53.4 Å². The highest BCUT2D eigenvalue weighted by atomic mass is 32.2. The molecule has 1 atom stereocenters. The van der Waals surface area contributed by atoms with Crippen LogP contribution in [-0.4, -0.2) is 31.2 Å². The molecule has 0 radical (unpaired) electrons. The van der Waals surface area contributed by atoms with Crippen LogP contribution >= 0.6 is 0 Å². The highest BCUT2D eigenvalue weighted by Gasteiger charge is 2.38. The molecule has 29 heavy (non-hydrogen) atoms. The van der Waals surface area contributed by atoms with Gasteiger partial charge in [0.1, 0.15) is 0 Å². The van der Waals surface area contributed by atoms with E-state index < -0.39 is 10.0 Å². The molecule has 0 N–H and O–H groups in total. The Labute approximate surface area is 173 Å². The molecule has 2 aliphatic rings. The molecule has 0 saturated heterocycles. The van der Waals surface area contributed by atoms with Crippen molar-refractivity contribution in [2.75, 3.05) is 11.4 Å². The van der Waals surface area contributed by atoms with Gasteiger partial charge in [0.2, 0.25) is 15.9 Å². The van der Waals surface area contributed by atoms with E-state index in [1.165, 1.54) is 0 Å². The molecular weight excluding hydrogens is 384 g/mol. The topological polar surface area (TPSA) is 57.7 Å². The van der Waals surface area contributed by atoms with Crippen molar-refractivity contribution in [3.05, 3.63) is 59.7 Å². The summed E-state index contributed by atoms with van der Waals surface area (Å²) in [4.78, 5) is 14.0. The van der Waals surface area contributed by atoms with Crippen LogP contribution in [0.2, 0.25) is 0 Å². The van der Waals surface area contributed by atoms with E-state index in [4.69, 9.17) is 0 Å². The van der Waals surface area contributed by atoms with Crippen molar-refractivity contribution in [3.63, 3.8) is 0 Å². The maximum Gasteiger partial charge on any atom is 0.243 e. The SMILES string of the molecule is CC(=O)N1CCCc2cc(S(=O)(=O)N(Cc3ccccc3)C(C)C3CC3)ccc21. The molecule has 0 spiro atoms. The summed E-state index contributed by atoms with van der Waals surface area (Å²) >= 11 is 0. The summed E-state index contributed by atoms with van der Waals surface area (Å²) in [5.41, 5.74) is 2.77. The summed E-state index contributed by atoms with van der Waals surface area (Å²) in [6.07, 6.45) is 3.81. The summed E-state index contributed by atoms with van der Waals surface area (Å²) in [6.45, 7) is 4.64. The lowest BCUT2D eigenvalue weighted by molar-refractivity contribution is -0.116.